The zero-order valence-corrected chi connectivity index (χ0v) is 26.1. The van der Waals surface area contributed by atoms with Crippen LogP contribution in [-0.4, -0.2) is 61.6 Å². The smallest absolute Gasteiger partial charge is 0.408 e. The normalized spacial score (nSPS) is 15.4. The van der Waals surface area contributed by atoms with Crippen molar-refractivity contribution in [2.24, 2.45) is 5.92 Å². The van der Waals surface area contributed by atoms with Gasteiger partial charge in [0.2, 0.25) is 11.8 Å². The largest absolute Gasteiger partial charge is 0.467 e. The van der Waals surface area contributed by atoms with E-state index in [-0.39, 0.29) is 37.2 Å². The minimum absolute atomic E-state index is 0.00648. The second kappa shape index (κ2) is 17.5. The van der Waals surface area contributed by atoms with Crippen LogP contribution in [0.4, 0.5) is 4.79 Å². The van der Waals surface area contributed by atoms with Gasteiger partial charge < -0.3 is 25.0 Å². The highest BCUT2D eigenvalue weighted by atomic mass is 35.5. The zero-order valence-electron chi connectivity index (χ0n) is 25.4. The van der Waals surface area contributed by atoms with Gasteiger partial charge in [-0.25, -0.2) is 9.59 Å². The van der Waals surface area contributed by atoms with Crippen LogP contribution >= 0.6 is 11.6 Å². The lowest BCUT2D eigenvalue weighted by atomic mass is 9.84. The van der Waals surface area contributed by atoms with Crippen molar-refractivity contribution < 1.29 is 28.7 Å². The molecule has 0 aliphatic heterocycles. The molecule has 9 nitrogen and oxygen atoms in total. The van der Waals surface area contributed by atoms with Crippen LogP contribution in [0.3, 0.4) is 0 Å². The molecular formula is C33H44ClN3O6. The van der Waals surface area contributed by atoms with E-state index in [9.17, 15) is 19.2 Å². The van der Waals surface area contributed by atoms with E-state index in [2.05, 4.69) is 17.6 Å². The maximum Gasteiger partial charge on any atom is 0.408 e. The van der Waals surface area contributed by atoms with Crippen LogP contribution in [0.15, 0.2) is 54.6 Å². The number of amides is 3. The fourth-order valence-electron chi connectivity index (χ4n) is 5.47. The van der Waals surface area contributed by atoms with Gasteiger partial charge in [-0.05, 0) is 47.9 Å². The number of ether oxygens (including phenoxy) is 2. The number of hydrogen-bond donors (Lipinski definition) is 2. The molecule has 2 unspecified atom stereocenters. The standard InChI is InChI=1S/C33H44ClN3O6/c1-23(26-14-8-5-9-15-26)21-37(2)30(38)18-17-28(32(40)42-3)35-31(39)29(20-24-11-6-4-7-12-24)36-33(41)43-22-25-13-10-16-27(34)19-25/h5,8-10,13-16,19,23-24,28-29H,4,6-7,11-12,17-18,20-22H2,1-3H3,(H,35,39)(H,36,41)/t23?,28-,29?/m0/s1. The SMILES string of the molecule is COC(=O)[C@H](CCC(=O)N(C)CC(C)c1ccccc1)NC(=O)C(CC1CCCCC1)NC(=O)OCc1cccc(Cl)c1. The summed E-state index contributed by atoms with van der Waals surface area (Å²) in [6.45, 7) is 2.56. The second-order valence-corrected chi connectivity index (χ2v) is 11.8. The molecule has 1 saturated carbocycles. The minimum atomic E-state index is -1.04. The fourth-order valence-corrected chi connectivity index (χ4v) is 5.68. The number of esters is 1. The molecule has 43 heavy (non-hydrogen) atoms. The molecule has 0 radical (unpaired) electrons. The van der Waals surface area contributed by atoms with Crippen LogP contribution in [0.1, 0.15) is 75.3 Å². The number of methoxy groups -OCH3 is 1. The van der Waals surface area contributed by atoms with Gasteiger partial charge in [0.05, 0.1) is 7.11 Å². The van der Waals surface area contributed by atoms with Gasteiger partial charge in [-0.15, -0.1) is 0 Å². The molecule has 0 heterocycles. The lowest BCUT2D eigenvalue weighted by Gasteiger charge is -2.28. The minimum Gasteiger partial charge on any atom is -0.467 e. The van der Waals surface area contributed by atoms with Crippen LogP contribution in [0, 0.1) is 5.92 Å². The number of hydrogen-bond acceptors (Lipinski definition) is 6. The third-order valence-corrected chi connectivity index (χ3v) is 8.19. The first-order valence-electron chi connectivity index (χ1n) is 15.0. The third-order valence-electron chi connectivity index (χ3n) is 7.95. The lowest BCUT2D eigenvalue weighted by Crippen LogP contribution is -2.52. The molecule has 1 aliphatic carbocycles. The Hall–Kier alpha value is -3.59. The van der Waals surface area contributed by atoms with Gasteiger partial charge in [0, 0.05) is 25.0 Å². The highest BCUT2D eigenvalue weighted by Gasteiger charge is 2.31. The molecule has 10 heteroatoms. The molecular weight excluding hydrogens is 570 g/mol. The molecule has 0 saturated heterocycles. The van der Waals surface area contributed by atoms with Gasteiger partial charge in [-0.1, -0.05) is 93.1 Å². The van der Waals surface area contributed by atoms with E-state index in [4.69, 9.17) is 21.1 Å². The predicted octanol–water partition coefficient (Wildman–Crippen LogP) is 5.61. The van der Waals surface area contributed by atoms with E-state index in [0.29, 0.717) is 18.0 Å². The molecule has 1 aliphatic rings. The zero-order chi connectivity index (χ0) is 31.2. The number of nitrogens with one attached hydrogen (secondary N) is 2. The summed E-state index contributed by atoms with van der Waals surface area (Å²) in [6, 6.07) is 14.9. The Morgan fingerprint density at radius 3 is 2.37 bits per heavy atom. The van der Waals surface area contributed by atoms with Crippen molar-refractivity contribution in [2.45, 2.75) is 82.9 Å². The fraction of sp³-hybridized carbons (Fsp3) is 0.515. The van der Waals surface area contributed by atoms with Crippen molar-refractivity contribution in [1.82, 2.24) is 15.5 Å². The van der Waals surface area contributed by atoms with Crippen molar-refractivity contribution in [3.63, 3.8) is 0 Å². The number of nitrogens with zero attached hydrogens (tertiary/aromatic N) is 1. The summed E-state index contributed by atoms with van der Waals surface area (Å²) in [5.41, 5.74) is 1.85. The summed E-state index contributed by atoms with van der Waals surface area (Å²) < 4.78 is 10.3. The van der Waals surface area contributed by atoms with Gasteiger partial charge >= 0.3 is 12.1 Å². The Labute approximate surface area is 259 Å². The van der Waals surface area contributed by atoms with Gasteiger partial charge in [-0.3, -0.25) is 9.59 Å². The van der Waals surface area contributed by atoms with Crippen molar-refractivity contribution in [3.8, 4) is 0 Å². The van der Waals surface area contributed by atoms with E-state index in [1.54, 1.807) is 36.2 Å². The highest BCUT2D eigenvalue weighted by Crippen LogP contribution is 2.27. The summed E-state index contributed by atoms with van der Waals surface area (Å²) in [6.07, 6.45) is 5.01. The molecule has 3 amide bonds. The quantitative estimate of drug-likeness (QED) is 0.268. The number of alkyl carbamates (subject to hydrolysis) is 1. The summed E-state index contributed by atoms with van der Waals surface area (Å²) in [5.74, 6) is -0.916. The maximum atomic E-state index is 13.5. The summed E-state index contributed by atoms with van der Waals surface area (Å²) in [4.78, 5) is 53.4. The van der Waals surface area contributed by atoms with Gasteiger partial charge in [-0.2, -0.15) is 0 Å². The Balaban J connectivity index is 1.60. The summed E-state index contributed by atoms with van der Waals surface area (Å²) >= 11 is 6.02. The number of halogens is 1. The number of carbonyl (C=O) groups excluding carboxylic acids is 4. The topological polar surface area (TPSA) is 114 Å². The van der Waals surface area contributed by atoms with E-state index >= 15 is 0 Å². The Morgan fingerprint density at radius 1 is 0.977 bits per heavy atom. The van der Waals surface area contributed by atoms with Crippen molar-refractivity contribution in [1.29, 1.82) is 0 Å². The molecule has 3 rings (SSSR count). The summed E-state index contributed by atoms with van der Waals surface area (Å²) in [5, 5.41) is 5.96. The van der Waals surface area contributed by atoms with Crippen molar-refractivity contribution >= 4 is 35.5 Å². The van der Waals surface area contributed by atoms with Gasteiger partial charge in [0.1, 0.15) is 18.7 Å². The molecule has 1 fully saturated rings. The predicted molar refractivity (Wildman–Crippen MR) is 165 cm³/mol. The van der Waals surface area contributed by atoms with Crippen LogP contribution in [-0.2, 0) is 30.5 Å². The molecule has 2 aromatic carbocycles. The molecule has 0 spiro atoms. The molecule has 234 valence electrons. The van der Waals surface area contributed by atoms with Crippen LogP contribution < -0.4 is 10.6 Å². The van der Waals surface area contributed by atoms with Gasteiger partial charge in [0.25, 0.3) is 0 Å². The number of rotatable bonds is 14. The molecule has 3 atom stereocenters. The maximum absolute atomic E-state index is 13.5. The Kier molecular flexibility index (Phi) is 13.8. The molecule has 2 N–H and O–H groups in total. The lowest BCUT2D eigenvalue weighted by molar-refractivity contribution is -0.145. The third kappa shape index (κ3) is 11.5. The van der Waals surface area contributed by atoms with E-state index in [0.717, 1.165) is 43.2 Å². The van der Waals surface area contributed by atoms with Crippen molar-refractivity contribution in [2.75, 3.05) is 20.7 Å². The van der Waals surface area contributed by atoms with Crippen LogP contribution in [0.25, 0.3) is 0 Å². The van der Waals surface area contributed by atoms with Gasteiger partial charge in [0.15, 0.2) is 0 Å². The van der Waals surface area contributed by atoms with Crippen molar-refractivity contribution in [3.05, 3.63) is 70.7 Å². The molecule has 0 bridgehead atoms. The Bertz CT molecular complexity index is 1200. The van der Waals surface area contributed by atoms with Crippen LogP contribution in [0.5, 0.6) is 0 Å². The first kappa shape index (κ1) is 33.9. The first-order chi connectivity index (χ1) is 20.7. The summed E-state index contributed by atoms with van der Waals surface area (Å²) in [7, 11) is 2.97. The first-order valence-corrected chi connectivity index (χ1v) is 15.4. The number of likely N-dealkylation sites (N-methyl/N-ethyl adjacent to an activating group) is 1. The van der Waals surface area contributed by atoms with E-state index in [1.807, 2.05) is 30.3 Å². The van der Waals surface area contributed by atoms with E-state index in [1.165, 1.54) is 7.11 Å². The highest BCUT2D eigenvalue weighted by molar-refractivity contribution is 6.30. The molecule has 2 aromatic rings. The monoisotopic (exact) mass is 613 g/mol. The number of benzene rings is 2. The second-order valence-electron chi connectivity index (χ2n) is 11.4. The van der Waals surface area contributed by atoms with Crippen LogP contribution in [0.2, 0.25) is 5.02 Å². The average Bonchev–Trinajstić information content (AvgIpc) is 3.02. The Morgan fingerprint density at radius 2 is 1.70 bits per heavy atom. The average molecular weight is 614 g/mol. The van der Waals surface area contributed by atoms with E-state index < -0.39 is 30.1 Å². The molecule has 0 aromatic heterocycles. The number of carbonyl (C=O) groups is 4.